The smallest absolute Gasteiger partial charge is 0.225 e. The van der Waals surface area contributed by atoms with Gasteiger partial charge in [0.2, 0.25) is 5.95 Å². The lowest BCUT2D eigenvalue weighted by Gasteiger charge is -2.36. The first kappa shape index (κ1) is 18.4. The quantitative estimate of drug-likeness (QED) is 0.452. The Morgan fingerprint density at radius 3 is 2.33 bits per heavy atom. The summed E-state index contributed by atoms with van der Waals surface area (Å²) in [6.45, 7) is 4.40. The summed E-state index contributed by atoms with van der Waals surface area (Å²) < 4.78 is 0. The minimum atomic E-state index is 0. The van der Waals surface area contributed by atoms with Gasteiger partial charge in [-0.3, -0.25) is 4.99 Å². The molecule has 24 heavy (non-hydrogen) atoms. The number of piperazine rings is 1. The van der Waals surface area contributed by atoms with Crippen LogP contribution in [0, 0.1) is 0 Å². The summed E-state index contributed by atoms with van der Waals surface area (Å²) in [5.74, 6) is 1.75. The second-order valence-electron chi connectivity index (χ2n) is 5.41. The van der Waals surface area contributed by atoms with Crippen LogP contribution in [0.4, 0.5) is 5.95 Å². The van der Waals surface area contributed by atoms with Gasteiger partial charge in [0.1, 0.15) is 0 Å². The van der Waals surface area contributed by atoms with Gasteiger partial charge in [0.25, 0.3) is 0 Å². The molecule has 0 spiro atoms. The molecule has 2 heterocycles. The number of nitrogens with one attached hydrogen (secondary N) is 1. The van der Waals surface area contributed by atoms with Crippen molar-refractivity contribution in [2.45, 2.75) is 6.54 Å². The monoisotopic (exact) mass is 438 g/mol. The van der Waals surface area contributed by atoms with Gasteiger partial charge in [-0.05, 0) is 11.6 Å². The van der Waals surface area contributed by atoms with Gasteiger partial charge in [-0.25, -0.2) is 9.97 Å². The fourth-order valence-electron chi connectivity index (χ4n) is 2.68. The molecule has 0 unspecified atom stereocenters. The zero-order valence-corrected chi connectivity index (χ0v) is 16.1. The fraction of sp³-hybridized carbons (Fsp3) is 0.353. The maximum absolute atomic E-state index is 4.41. The fourth-order valence-corrected chi connectivity index (χ4v) is 2.68. The van der Waals surface area contributed by atoms with Crippen molar-refractivity contribution in [2.24, 2.45) is 4.99 Å². The first-order valence-electron chi connectivity index (χ1n) is 7.88. The zero-order chi connectivity index (χ0) is 15.9. The van der Waals surface area contributed by atoms with Gasteiger partial charge in [0.05, 0.1) is 0 Å². The van der Waals surface area contributed by atoms with E-state index >= 15 is 0 Å². The first-order chi connectivity index (χ1) is 11.4. The molecule has 7 heteroatoms. The van der Waals surface area contributed by atoms with Crippen molar-refractivity contribution < 1.29 is 0 Å². The van der Waals surface area contributed by atoms with Crippen molar-refractivity contribution in [3.63, 3.8) is 0 Å². The Bertz CT molecular complexity index is 626. The first-order valence-corrected chi connectivity index (χ1v) is 7.88. The van der Waals surface area contributed by atoms with E-state index in [1.165, 1.54) is 5.56 Å². The third kappa shape index (κ3) is 4.80. The number of aromatic nitrogens is 2. The highest BCUT2D eigenvalue weighted by molar-refractivity contribution is 14.0. The lowest BCUT2D eigenvalue weighted by atomic mass is 10.2. The largest absolute Gasteiger partial charge is 0.352 e. The number of rotatable bonds is 3. The van der Waals surface area contributed by atoms with E-state index in [4.69, 9.17) is 0 Å². The Kier molecular flexibility index (Phi) is 7.23. The Morgan fingerprint density at radius 2 is 1.71 bits per heavy atom. The molecule has 0 bridgehead atoms. The highest BCUT2D eigenvalue weighted by Gasteiger charge is 2.20. The Labute approximate surface area is 160 Å². The molecule has 1 aromatic heterocycles. The van der Waals surface area contributed by atoms with Crippen LogP contribution in [0.2, 0.25) is 0 Å². The summed E-state index contributed by atoms with van der Waals surface area (Å²) >= 11 is 0. The highest BCUT2D eigenvalue weighted by atomic mass is 127. The minimum Gasteiger partial charge on any atom is -0.352 e. The van der Waals surface area contributed by atoms with E-state index in [9.17, 15) is 0 Å². The normalized spacial score (nSPS) is 15.0. The molecule has 128 valence electrons. The van der Waals surface area contributed by atoms with E-state index in [0.717, 1.165) is 44.6 Å². The molecule has 1 N–H and O–H groups in total. The predicted molar refractivity (Wildman–Crippen MR) is 108 cm³/mol. The molecule has 3 rings (SSSR count). The number of anilines is 1. The van der Waals surface area contributed by atoms with Crippen LogP contribution in [0.5, 0.6) is 0 Å². The number of hydrogen-bond acceptors (Lipinski definition) is 4. The van der Waals surface area contributed by atoms with Crippen LogP contribution in [0.15, 0.2) is 53.8 Å². The molecule has 6 nitrogen and oxygen atoms in total. The third-order valence-electron chi connectivity index (χ3n) is 3.92. The maximum atomic E-state index is 4.41. The summed E-state index contributed by atoms with van der Waals surface area (Å²) in [5.41, 5.74) is 1.25. The standard InChI is InChI=1S/C17H22N6.HI/c1-18-16(21-14-15-6-3-2-4-7-15)22-10-12-23(13-11-22)17-19-8-5-9-20-17;/h2-9H,10-14H2,1H3,(H,18,21);1H. The number of guanidine groups is 1. The lowest BCUT2D eigenvalue weighted by Crippen LogP contribution is -2.52. The van der Waals surface area contributed by atoms with Crippen molar-refractivity contribution in [1.29, 1.82) is 0 Å². The molecule has 1 saturated heterocycles. The molecule has 1 fully saturated rings. The summed E-state index contributed by atoms with van der Waals surface area (Å²) in [6.07, 6.45) is 3.57. The Hall–Kier alpha value is -1.90. The van der Waals surface area contributed by atoms with Crippen LogP contribution in [0.1, 0.15) is 5.56 Å². The van der Waals surface area contributed by atoms with Crippen molar-refractivity contribution in [3.8, 4) is 0 Å². The van der Waals surface area contributed by atoms with Crippen molar-refractivity contribution in [3.05, 3.63) is 54.4 Å². The van der Waals surface area contributed by atoms with E-state index in [1.54, 1.807) is 12.4 Å². The molecule has 1 aliphatic rings. The number of nitrogens with zero attached hydrogens (tertiary/aromatic N) is 5. The van der Waals surface area contributed by atoms with Gasteiger partial charge in [0.15, 0.2) is 5.96 Å². The van der Waals surface area contributed by atoms with Crippen LogP contribution in [0.3, 0.4) is 0 Å². The molecule has 0 atom stereocenters. The van der Waals surface area contributed by atoms with Crippen LogP contribution in [-0.4, -0.2) is 54.1 Å². The summed E-state index contributed by atoms with van der Waals surface area (Å²) in [6, 6.07) is 12.2. The summed E-state index contributed by atoms with van der Waals surface area (Å²) in [7, 11) is 1.83. The van der Waals surface area contributed by atoms with E-state index < -0.39 is 0 Å². The SMILES string of the molecule is CN=C(NCc1ccccc1)N1CCN(c2ncccn2)CC1.I. The average molecular weight is 438 g/mol. The van der Waals surface area contributed by atoms with Crippen LogP contribution < -0.4 is 10.2 Å². The van der Waals surface area contributed by atoms with E-state index in [2.05, 4.69) is 54.3 Å². The van der Waals surface area contributed by atoms with Crippen LogP contribution in [0.25, 0.3) is 0 Å². The summed E-state index contributed by atoms with van der Waals surface area (Å²) in [5, 5.41) is 3.44. The molecule has 0 saturated carbocycles. The topological polar surface area (TPSA) is 56.7 Å². The zero-order valence-electron chi connectivity index (χ0n) is 13.8. The van der Waals surface area contributed by atoms with Crippen LogP contribution >= 0.6 is 24.0 Å². The highest BCUT2D eigenvalue weighted by Crippen LogP contribution is 2.10. The van der Waals surface area contributed by atoms with Gasteiger partial charge >= 0.3 is 0 Å². The van der Waals surface area contributed by atoms with Gasteiger partial charge < -0.3 is 15.1 Å². The molecular weight excluding hydrogens is 415 g/mol. The number of aliphatic imine (C=N–C) groups is 1. The predicted octanol–water partition coefficient (Wildman–Crippen LogP) is 1.99. The molecule has 0 aliphatic carbocycles. The van der Waals surface area contributed by atoms with Crippen LogP contribution in [-0.2, 0) is 6.54 Å². The number of hydrogen-bond donors (Lipinski definition) is 1. The van der Waals surface area contributed by atoms with Gasteiger partial charge in [0, 0.05) is 52.2 Å². The Morgan fingerprint density at radius 1 is 1.04 bits per heavy atom. The van der Waals surface area contributed by atoms with Crippen molar-refractivity contribution >= 4 is 35.9 Å². The van der Waals surface area contributed by atoms with Gasteiger partial charge in [-0.15, -0.1) is 24.0 Å². The summed E-state index contributed by atoms with van der Waals surface area (Å²) in [4.78, 5) is 17.5. The third-order valence-corrected chi connectivity index (χ3v) is 3.92. The number of halogens is 1. The van der Waals surface area contributed by atoms with Crippen molar-refractivity contribution in [2.75, 3.05) is 38.1 Å². The maximum Gasteiger partial charge on any atom is 0.225 e. The second-order valence-corrected chi connectivity index (χ2v) is 5.41. The molecular formula is C17H23IN6. The van der Waals surface area contributed by atoms with Gasteiger partial charge in [-0.2, -0.15) is 0 Å². The molecule has 1 aromatic carbocycles. The van der Waals surface area contributed by atoms with E-state index in [0.29, 0.717) is 0 Å². The van der Waals surface area contributed by atoms with E-state index in [1.807, 2.05) is 19.2 Å². The minimum absolute atomic E-state index is 0. The molecule has 0 amide bonds. The second kappa shape index (κ2) is 9.41. The number of benzene rings is 1. The molecule has 0 radical (unpaired) electrons. The molecule has 1 aliphatic heterocycles. The van der Waals surface area contributed by atoms with Gasteiger partial charge in [-0.1, -0.05) is 30.3 Å². The van der Waals surface area contributed by atoms with E-state index in [-0.39, 0.29) is 24.0 Å². The molecule has 2 aromatic rings. The van der Waals surface area contributed by atoms with Crippen molar-refractivity contribution in [1.82, 2.24) is 20.2 Å². The lowest BCUT2D eigenvalue weighted by molar-refractivity contribution is 0.370. The average Bonchev–Trinajstić information content (AvgIpc) is 2.64. The Balaban J connectivity index is 0.00000208.